The van der Waals surface area contributed by atoms with Gasteiger partial charge in [-0.05, 0) is 24.5 Å². The average molecular weight is 221 g/mol. The van der Waals surface area contributed by atoms with Gasteiger partial charge in [0.05, 0.1) is 0 Å². The van der Waals surface area contributed by atoms with Crippen molar-refractivity contribution in [1.82, 2.24) is 4.98 Å². The Bertz CT molecular complexity index is 359. The van der Waals surface area contributed by atoms with Gasteiger partial charge >= 0.3 is 0 Å². The van der Waals surface area contributed by atoms with Gasteiger partial charge in [0.2, 0.25) is 0 Å². The van der Waals surface area contributed by atoms with Crippen LogP contribution in [0.4, 0.5) is 0 Å². The second-order valence-corrected chi connectivity index (χ2v) is 4.14. The van der Waals surface area contributed by atoms with Crippen molar-refractivity contribution < 1.29 is 9.90 Å². The number of aryl methyl sites for hydroxylation is 1. The molecule has 1 N–H and O–H groups in total. The molecule has 0 amide bonds. The molecule has 0 aliphatic carbocycles. The van der Waals surface area contributed by atoms with Gasteiger partial charge in [0, 0.05) is 18.0 Å². The van der Waals surface area contributed by atoms with Gasteiger partial charge in [-0.15, -0.1) is 0 Å². The van der Waals surface area contributed by atoms with Crippen molar-refractivity contribution in [2.75, 3.05) is 0 Å². The summed E-state index contributed by atoms with van der Waals surface area (Å²) in [5.74, 6) is -0.182. The summed E-state index contributed by atoms with van der Waals surface area (Å²) >= 11 is 0. The number of ketones is 1. The maximum Gasteiger partial charge on any atom is 0.193 e. The Morgan fingerprint density at radius 1 is 1.38 bits per heavy atom. The molecule has 0 radical (unpaired) electrons. The Morgan fingerprint density at radius 2 is 2.00 bits per heavy atom. The predicted octanol–water partition coefficient (Wildman–Crippen LogP) is 2.37. The highest BCUT2D eigenvalue weighted by Gasteiger charge is 2.24. The number of pyridine rings is 1. The van der Waals surface area contributed by atoms with Crippen LogP contribution < -0.4 is 0 Å². The van der Waals surface area contributed by atoms with Gasteiger partial charge in [-0.2, -0.15) is 0 Å². The summed E-state index contributed by atoms with van der Waals surface area (Å²) in [5.41, 5.74) is 1.43. The lowest BCUT2D eigenvalue weighted by Gasteiger charge is -2.18. The van der Waals surface area contributed by atoms with Crippen molar-refractivity contribution in [3.8, 4) is 0 Å². The van der Waals surface area contributed by atoms with Crippen LogP contribution in [0.25, 0.3) is 0 Å². The summed E-state index contributed by atoms with van der Waals surface area (Å²) in [6.07, 6.45) is 3.92. The quantitative estimate of drug-likeness (QED) is 0.776. The Kier molecular flexibility index (Phi) is 4.62. The highest BCUT2D eigenvalue weighted by molar-refractivity contribution is 5.99. The number of hydrogen-bond donors (Lipinski definition) is 1. The number of rotatable bonds is 5. The van der Waals surface area contributed by atoms with Gasteiger partial charge in [-0.25, -0.2) is 0 Å². The summed E-state index contributed by atoms with van der Waals surface area (Å²) in [5, 5.41) is 9.94. The molecule has 0 saturated heterocycles. The molecule has 0 aliphatic heterocycles. The molecule has 0 aromatic carbocycles. The summed E-state index contributed by atoms with van der Waals surface area (Å²) in [7, 11) is 0. The number of Topliss-reactive ketones (excluding diaryl/α,β-unsaturated/α-hetero) is 1. The van der Waals surface area contributed by atoms with E-state index in [1.54, 1.807) is 12.3 Å². The fourth-order valence-corrected chi connectivity index (χ4v) is 1.81. The molecule has 1 rings (SSSR count). The van der Waals surface area contributed by atoms with Crippen LogP contribution >= 0.6 is 0 Å². The lowest BCUT2D eigenvalue weighted by Crippen LogP contribution is -2.29. The van der Waals surface area contributed by atoms with E-state index >= 15 is 0 Å². The SMILES string of the molecule is CCC(CC)C(O)C(=O)c1cncc(C)c1. The molecule has 1 heterocycles. The number of nitrogens with zero attached hydrogens (tertiary/aromatic N) is 1. The lowest BCUT2D eigenvalue weighted by molar-refractivity contribution is 0.0587. The number of carbonyl (C=O) groups excluding carboxylic acids is 1. The van der Waals surface area contributed by atoms with E-state index in [1.165, 1.54) is 6.20 Å². The smallest absolute Gasteiger partial charge is 0.193 e. The molecule has 1 aromatic rings. The molecular weight excluding hydrogens is 202 g/mol. The molecule has 1 atom stereocenters. The monoisotopic (exact) mass is 221 g/mol. The van der Waals surface area contributed by atoms with Crippen molar-refractivity contribution in [2.45, 2.75) is 39.7 Å². The largest absolute Gasteiger partial charge is 0.385 e. The van der Waals surface area contributed by atoms with Crippen LogP contribution in [0.2, 0.25) is 0 Å². The Balaban J connectivity index is 2.85. The summed E-state index contributed by atoms with van der Waals surface area (Å²) in [4.78, 5) is 15.9. The van der Waals surface area contributed by atoms with Gasteiger partial charge < -0.3 is 5.11 Å². The molecular formula is C13H19NO2. The minimum Gasteiger partial charge on any atom is -0.385 e. The summed E-state index contributed by atoms with van der Waals surface area (Å²) in [6.45, 7) is 5.85. The zero-order valence-corrected chi connectivity index (χ0v) is 10.1. The van der Waals surface area contributed by atoms with E-state index in [1.807, 2.05) is 20.8 Å². The van der Waals surface area contributed by atoms with Crippen LogP contribution in [-0.4, -0.2) is 22.0 Å². The van der Waals surface area contributed by atoms with Crippen LogP contribution in [-0.2, 0) is 0 Å². The van der Waals surface area contributed by atoms with Gasteiger partial charge in [0.25, 0.3) is 0 Å². The van der Waals surface area contributed by atoms with Gasteiger partial charge in [0.15, 0.2) is 5.78 Å². The molecule has 16 heavy (non-hydrogen) atoms. The summed E-state index contributed by atoms with van der Waals surface area (Å²) < 4.78 is 0. The highest BCUT2D eigenvalue weighted by atomic mass is 16.3. The van der Waals surface area contributed by atoms with Crippen LogP contribution in [0.3, 0.4) is 0 Å². The Hall–Kier alpha value is -1.22. The first kappa shape index (κ1) is 12.8. The second kappa shape index (κ2) is 5.75. The van der Waals surface area contributed by atoms with Gasteiger partial charge in [-0.1, -0.05) is 26.7 Å². The van der Waals surface area contributed by atoms with Crippen molar-refractivity contribution in [3.05, 3.63) is 29.6 Å². The maximum absolute atomic E-state index is 12.0. The van der Waals surface area contributed by atoms with E-state index in [0.717, 1.165) is 18.4 Å². The zero-order chi connectivity index (χ0) is 12.1. The molecule has 88 valence electrons. The highest BCUT2D eigenvalue weighted by Crippen LogP contribution is 2.17. The third-order valence-corrected chi connectivity index (χ3v) is 2.92. The van der Waals surface area contributed by atoms with E-state index in [-0.39, 0.29) is 11.7 Å². The molecule has 1 unspecified atom stereocenters. The zero-order valence-electron chi connectivity index (χ0n) is 10.1. The van der Waals surface area contributed by atoms with E-state index in [9.17, 15) is 9.90 Å². The van der Waals surface area contributed by atoms with Crippen LogP contribution in [0, 0.1) is 12.8 Å². The first-order valence-corrected chi connectivity index (χ1v) is 5.74. The molecule has 1 aromatic heterocycles. The van der Waals surface area contributed by atoms with Gasteiger partial charge in [0.1, 0.15) is 6.10 Å². The number of aromatic nitrogens is 1. The van der Waals surface area contributed by atoms with Crippen molar-refractivity contribution in [3.63, 3.8) is 0 Å². The van der Waals surface area contributed by atoms with E-state index < -0.39 is 6.10 Å². The molecule has 0 fully saturated rings. The van der Waals surface area contributed by atoms with Crippen LogP contribution in [0.5, 0.6) is 0 Å². The Labute approximate surface area is 96.5 Å². The number of aliphatic hydroxyl groups excluding tert-OH is 1. The number of aliphatic hydroxyl groups is 1. The standard InChI is InChI=1S/C13H19NO2/c1-4-10(5-2)12(15)13(16)11-6-9(3)7-14-8-11/h6-8,10,12,15H,4-5H2,1-3H3. The normalized spacial score (nSPS) is 12.8. The minimum absolute atomic E-state index is 0.0352. The Morgan fingerprint density at radius 3 is 2.50 bits per heavy atom. The van der Waals surface area contributed by atoms with Crippen molar-refractivity contribution in [1.29, 1.82) is 0 Å². The van der Waals surface area contributed by atoms with Crippen molar-refractivity contribution >= 4 is 5.78 Å². The maximum atomic E-state index is 12.0. The first-order valence-electron chi connectivity index (χ1n) is 5.74. The molecule has 3 heteroatoms. The fraction of sp³-hybridized carbons (Fsp3) is 0.538. The number of hydrogen-bond acceptors (Lipinski definition) is 3. The average Bonchev–Trinajstić information content (AvgIpc) is 2.29. The van der Waals surface area contributed by atoms with E-state index in [0.29, 0.717) is 5.56 Å². The lowest BCUT2D eigenvalue weighted by atomic mass is 9.91. The van der Waals surface area contributed by atoms with E-state index in [2.05, 4.69) is 4.98 Å². The number of carbonyl (C=O) groups is 1. The molecule has 0 spiro atoms. The predicted molar refractivity (Wildman–Crippen MR) is 63.4 cm³/mol. The minimum atomic E-state index is -0.904. The molecule has 0 aliphatic rings. The molecule has 0 saturated carbocycles. The van der Waals surface area contributed by atoms with Gasteiger partial charge in [-0.3, -0.25) is 9.78 Å². The van der Waals surface area contributed by atoms with Crippen LogP contribution in [0.1, 0.15) is 42.6 Å². The summed E-state index contributed by atoms with van der Waals surface area (Å²) in [6, 6.07) is 1.76. The third-order valence-electron chi connectivity index (χ3n) is 2.92. The molecule has 3 nitrogen and oxygen atoms in total. The second-order valence-electron chi connectivity index (χ2n) is 4.14. The van der Waals surface area contributed by atoms with E-state index in [4.69, 9.17) is 0 Å². The topological polar surface area (TPSA) is 50.2 Å². The fourth-order valence-electron chi connectivity index (χ4n) is 1.81. The van der Waals surface area contributed by atoms with Crippen molar-refractivity contribution in [2.24, 2.45) is 5.92 Å². The third kappa shape index (κ3) is 2.89. The first-order chi connectivity index (χ1) is 7.60. The molecule has 0 bridgehead atoms. The van der Waals surface area contributed by atoms with Crippen LogP contribution in [0.15, 0.2) is 18.5 Å².